The minimum Gasteiger partial charge on any atom is -0.497 e. The third-order valence-corrected chi connectivity index (χ3v) is 5.19. The van der Waals surface area contributed by atoms with E-state index >= 15 is 0 Å². The summed E-state index contributed by atoms with van der Waals surface area (Å²) in [6.45, 7) is 10.5. The average molecular weight is 389 g/mol. The molecule has 1 saturated heterocycles. The third-order valence-electron chi connectivity index (χ3n) is 5.19. The van der Waals surface area contributed by atoms with Crippen LogP contribution in [-0.4, -0.2) is 73.3 Å². The van der Waals surface area contributed by atoms with Gasteiger partial charge in [-0.1, -0.05) is 6.07 Å². The normalized spacial score (nSPS) is 20.1. The molecule has 2 amide bonds. The minimum atomic E-state index is -0.506. The predicted octanol–water partition coefficient (Wildman–Crippen LogP) is 2.53. The Morgan fingerprint density at radius 2 is 1.93 bits per heavy atom. The third kappa shape index (κ3) is 4.58. The lowest BCUT2D eigenvalue weighted by Gasteiger charge is -2.40. The molecule has 0 aromatic heterocycles. The van der Waals surface area contributed by atoms with Gasteiger partial charge in [0.1, 0.15) is 11.4 Å². The topological polar surface area (TPSA) is 62.3 Å². The number of fused-ring (bicyclic) bond motifs is 1. The highest BCUT2D eigenvalue weighted by Gasteiger charge is 2.33. The molecule has 154 valence electrons. The van der Waals surface area contributed by atoms with Crippen LogP contribution in [0.2, 0.25) is 0 Å². The van der Waals surface area contributed by atoms with E-state index in [-0.39, 0.29) is 18.0 Å². The summed E-state index contributed by atoms with van der Waals surface area (Å²) in [5, 5.41) is 0. The Morgan fingerprint density at radius 1 is 1.18 bits per heavy atom. The lowest BCUT2D eigenvalue weighted by atomic mass is 10.1. The smallest absolute Gasteiger partial charge is 0.410 e. The number of hydrogen-bond acceptors (Lipinski definition) is 5. The minimum absolute atomic E-state index is 0.00218. The number of hydrogen-bond donors (Lipinski definition) is 0. The number of carbonyl (C=O) groups excluding carboxylic acids is 2. The van der Waals surface area contributed by atoms with Gasteiger partial charge in [-0.3, -0.25) is 9.69 Å². The highest BCUT2D eigenvalue weighted by Crippen LogP contribution is 2.32. The molecule has 0 aliphatic carbocycles. The molecule has 1 aromatic carbocycles. The summed E-state index contributed by atoms with van der Waals surface area (Å²) in [6, 6.07) is 5.90. The van der Waals surface area contributed by atoms with Crippen molar-refractivity contribution >= 4 is 17.7 Å². The fourth-order valence-electron chi connectivity index (χ4n) is 3.79. The van der Waals surface area contributed by atoms with Crippen molar-refractivity contribution in [2.45, 2.75) is 45.8 Å². The van der Waals surface area contributed by atoms with Gasteiger partial charge in [0, 0.05) is 38.3 Å². The maximum atomic E-state index is 12.9. The van der Waals surface area contributed by atoms with Gasteiger partial charge >= 0.3 is 6.09 Å². The molecule has 28 heavy (non-hydrogen) atoms. The van der Waals surface area contributed by atoms with Gasteiger partial charge in [0.2, 0.25) is 5.91 Å². The summed E-state index contributed by atoms with van der Waals surface area (Å²) in [5.74, 6) is 0.850. The Kier molecular flexibility index (Phi) is 5.84. The van der Waals surface area contributed by atoms with Crippen LogP contribution in [0.4, 0.5) is 10.5 Å². The highest BCUT2D eigenvalue weighted by atomic mass is 16.6. The summed E-state index contributed by atoms with van der Waals surface area (Å²) in [6.07, 6.45) is 0.583. The second-order valence-corrected chi connectivity index (χ2v) is 8.55. The Labute approximate surface area is 167 Å². The van der Waals surface area contributed by atoms with Gasteiger partial charge in [-0.2, -0.15) is 0 Å². The van der Waals surface area contributed by atoms with Crippen molar-refractivity contribution in [1.29, 1.82) is 0 Å². The molecule has 0 saturated carbocycles. The van der Waals surface area contributed by atoms with Crippen molar-refractivity contribution in [3.05, 3.63) is 23.8 Å². The first-order valence-corrected chi connectivity index (χ1v) is 9.87. The number of rotatable bonds is 3. The molecule has 1 fully saturated rings. The first-order valence-electron chi connectivity index (χ1n) is 9.87. The van der Waals surface area contributed by atoms with Crippen molar-refractivity contribution in [2.24, 2.45) is 0 Å². The number of amides is 2. The first-order chi connectivity index (χ1) is 13.2. The maximum Gasteiger partial charge on any atom is 0.410 e. The van der Waals surface area contributed by atoms with Gasteiger partial charge in [-0.25, -0.2) is 4.79 Å². The molecular formula is C21H31N3O4. The van der Waals surface area contributed by atoms with E-state index in [1.54, 1.807) is 12.0 Å². The highest BCUT2D eigenvalue weighted by molar-refractivity contribution is 5.97. The van der Waals surface area contributed by atoms with E-state index in [0.717, 1.165) is 17.9 Å². The van der Waals surface area contributed by atoms with Gasteiger partial charge in [-0.15, -0.1) is 0 Å². The Balaban J connectivity index is 1.58. The number of anilines is 1. The van der Waals surface area contributed by atoms with Crippen molar-refractivity contribution < 1.29 is 19.1 Å². The van der Waals surface area contributed by atoms with Crippen molar-refractivity contribution in [2.75, 3.05) is 44.7 Å². The van der Waals surface area contributed by atoms with E-state index in [0.29, 0.717) is 32.7 Å². The largest absolute Gasteiger partial charge is 0.497 e. The van der Waals surface area contributed by atoms with Crippen LogP contribution in [0, 0.1) is 0 Å². The standard InChI is InChI=1S/C21H31N3O4/c1-15-13-22(10-11-23(15)20(26)28-21(2,3)4)14-19(25)24-9-8-16-6-7-17(27-5)12-18(16)24/h6-7,12,15H,8-11,13-14H2,1-5H3/t15-/m1/s1. The molecule has 1 aromatic rings. The van der Waals surface area contributed by atoms with Crippen LogP contribution in [-0.2, 0) is 16.0 Å². The number of benzene rings is 1. The van der Waals surface area contributed by atoms with Crippen LogP contribution in [0.15, 0.2) is 18.2 Å². The van der Waals surface area contributed by atoms with Crippen molar-refractivity contribution in [3.63, 3.8) is 0 Å². The molecule has 7 heteroatoms. The van der Waals surface area contributed by atoms with E-state index in [4.69, 9.17) is 9.47 Å². The molecule has 0 unspecified atom stereocenters. The molecule has 0 radical (unpaired) electrons. The number of ether oxygens (including phenoxy) is 2. The molecule has 7 nitrogen and oxygen atoms in total. The molecule has 0 bridgehead atoms. The molecular weight excluding hydrogens is 358 g/mol. The molecule has 1 atom stereocenters. The second-order valence-electron chi connectivity index (χ2n) is 8.55. The van der Waals surface area contributed by atoms with Crippen LogP contribution < -0.4 is 9.64 Å². The maximum absolute atomic E-state index is 12.9. The van der Waals surface area contributed by atoms with Crippen LogP contribution in [0.1, 0.15) is 33.3 Å². The Bertz CT molecular complexity index is 744. The Morgan fingerprint density at radius 3 is 2.57 bits per heavy atom. The fourth-order valence-corrected chi connectivity index (χ4v) is 3.79. The van der Waals surface area contributed by atoms with Crippen molar-refractivity contribution in [1.82, 2.24) is 9.80 Å². The number of nitrogens with zero attached hydrogens (tertiary/aromatic N) is 3. The Hall–Kier alpha value is -2.28. The zero-order valence-electron chi connectivity index (χ0n) is 17.5. The number of piperazine rings is 1. The van der Waals surface area contributed by atoms with E-state index < -0.39 is 5.60 Å². The van der Waals surface area contributed by atoms with Gasteiger partial charge < -0.3 is 19.3 Å². The van der Waals surface area contributed by atoms with Gasteiger partial charge in [-0.05, 0) is 45.7 Å². The molecule has 0 N–H and O–H groups in total. The fraction of sp³-hybridized carbons (Fsp3) is 0.619. The summed E-state index contributed by atoms with van der Waals surface area (Å²) >= 11 is 0. The average Bonchev–Trinajstić information content (AvgIpc) is 3.03. The zero-order chi connectivity index (χ0) is 20.5. The second kappa shape index (κ2) is 7.99. The van der Waals surface area contributed by atoms with Crippen LogP contribution in [0.3, 0.4) is 0 Å². The van der Waals surface area contributed by atoms with E-state index in [1.165, 1.54) is 5.56 Å². The summed E-state index contributed by atoms with van der Waals surface area (Å²) in [5.41, 5.74) is 1.62. The SMILES string of the molecule is COc1ccc2c(c1)N(C(=O)CN1CCN(C(=O)OC(C)(C)C)[C@H](C)C1)CC2. The van der Waals surface area contributed by atoms with E-state index in [2.05, 4.69) is 4.90 Å². The lowest BCUT2D eigenvalue weighted by Crippen LogP contribution is -2.56. The van der Waals surface area contributed by atoms with E-state index in [9.17, 15) is 9.59 Å². The van der Waals surface area contributed by atoms with Gasteiger partial charge in [0.05, 0.1) is 19.3 Å². The number of carbonyl (C=O) groups is 2. The zero-order valence-corrected chi connectivity index (χ0v) is 17.5. The quantitative estimate of drug-likeness (QED) is 0.795. The molecule has 2 aliphatic heterocycles. The summed E-state index contributed by atoms with van der Waals surface area (Å²) in [7, 11) is 1.63. The van der Waals surface area contributed by atoms with Crippen molar-refractivity contribution in [3.8, 4) is 5.75 Å². The summed E-state index contributed by atoms with van der Waals surface area (Å²) in [4.78, 5) is 31.0. The predicted molar refractivity (Wildman–Crippen MR) is 108 cm³/mol. The monoisotopic (exact) mass is 389 g/mol. The van der Waals surface area contributed by atoms with Gasteiger partial charge in [0.15, 0.2) is 0 Å². The van der Waals surface area contributed by atoms with Crippen LogP contribution in [0.5, 0.6) is 5.75 Å². The molecule has 2 aliphatic rings. The molecule has 0 spiro atoms. The van der Waals surface area contributed by atoms with E-state index in [1.807, 2.05) is 50.8 Å². The number of methoxy groups -OCH3 is 1. The first kappa shape index (κ1) is 20.5. The van der Waals surface area contributed by atoms with Crippen LogP contribution >= 0.6 is 0 Å². The molecule has 2 heterocycles. The summed E-state index contributed by atoms with van der Waals surface area (Å²) < 4.78 is 10.8. The van der Waals surface area contributed by atoms with Gasteiger partial charge in [0.25, 0.3) is 0 Å². The van der Waals surface area contributed by atoms with Crippen LogP contribution in [0.25, 0.3) is 0 Å². The lowest BCUT2D eigenvalue weighted by molar-refractivity contribution is -0.120. The molecule has 3 rings (SSSR count).